The maximum atomic E-state index is 14.0. The molecule has 5 heteroatoms. The van der Waals surface area contributed by atoms with E-state index in [1.807, 2.05) is 6.92 Å². The van der Waals surface area contributed by atoms with Crippen LogP contribution < -0.4 is 0 Å². The molecule has 20 heavy (non-hydrogen) atoms. The lowest BCUT2D eigenvalue weighted by Gasteiger charge is -2.10. The normalized spacial score (nSPS) is 15.7. The van der Waals surface area contributed by atoms with Gasteiger partial charge in [-0.3, -0.25) is 0 Å². The number of nitrogens with zero attached hydrogens (tertiary/aromatic N) is 3. The van der Waals surface area contributed by atoms with Gasteiger partial charge in [0.2, 0.25) is 0 Å². The number of aromatic nitrogens is 2. The molecule has 0 atom stereocenters. The molecule has 0 bridgehead atoms. The summed E-state index contributed by atoms with van der Waals surface area (Å²) in [4.78, 5) is 8.77. The van der Waals surface area contributed by atoms with Crippen molar-refractivity contribution in [2.45, 2.75) is 25.2 Å². The van der Waals surface area contributed by atoms with Crippen molar-refractivity contribution in [1.82, 2.24) is 9.97 Å². The van der Waals surface area contributed by atoms with Crippen molar-refractivity contribution in [2.24, 2.45) is 0 Å². The summed E-state index contributed by atoms with van der Waals surface area (Å²) in [5.41, 5.74) is 1.11. The van der Waals surface area contributed by atoms with E-state index in [1.165, 1.54) is 6.07 Å². The van der Waals surface area contributed by atoms with E-state index in [1.54, 1.807) is 18.2 Å². The molecule has 1 aromatic carbocycles. The predicted molar refractivity (Wildman–Crippen MR) is 76.4 cm³/mol. The molecule has 0 radical (unpaired) electrons. The van der Waals surface area contributed by atoms with Crippen LogP contribution in [0.4, 0.5) is 4.39 Å². The summed E-state index contributed by atoms with van der Waals surface area (Å²) in [6, 6.07) is 8.74. The number of rotatable bonds is 2. The van der Waals surface area contributed by atoms with Crippen LogP contribution in [-0.2, 0) is 5.41 Å². The Morgan fingerprint density at radius 3 is 2.70 bits per heavy atom. The Balaban J connectivity index is 2.16. The molecular weight excluding hydrogens is 321 g/mol. The first-order valence-corrected chi connectivity index (χ1v) is 7.06. The standard InChI is InChI=1S/C15H11BrFN3/c1-9-6-13(11-7-10(16)2-3-12(11)17)20-14(19-9)15(8-18)4-5-15/h2-3,6-7H,4-5H2,1H3. The van der Waals surface area contributed by atoms with Gasteiger partial charge < -0.3 is 0 Å². The average Bonchev–Trinajstić information content (AvgIpc) is 3.22. The highest BCUT2D eigenvalue weighted by molar-refractivity contribution is 9.10. The Labute approximate surface area is 124 Å². The van der Waals surface area contributed by atoms with E-state index in [0.29, 0.717) is 17.1 Å². The number of hydrogen-bond acceptors (Lipinski definition) is 3. The fraction of sp³-hybridized carbons (Fsp3) is 0.267. The zero-order valence-electron chi connectivity index (χ0n) is 10.8. The SMILES string of the molecule is Cc1cc(-c2cc(Br)ccc2F)nc(C2(C#N)CC2)n1. The van der Waals surface area contributed by atoms with Gasteiger partial charge in [-0.1, -0.05) is 15.9 Å². The van der Waals surface area contributed by atoms with Crippen molar-refractivity contribution in [2.75, 3.05) is 0 Å². The zero-order chi connectivity index (χ0) is 14.3. The highest BCUT2D eigenvalue weighted by Gasteiger charge is 2.48. The summed E-state index contributed by atoms with van der Waals surface area (Å²) in [7, 11) is 0. The number of benzene rings is 1. The third-order valence-electron chi connectivity index (χ3n) is 3.45. The topological polar surface area (TPSA) is 49.6 Å². The van der Waals surface area contributed by atoms with Gasteiger partial charge in [0, 0.05) is 15.7 Å². The van der Waals surface area contributed by atoms with Crippen molar-refractivity contribution in [3.8, 4) is 17.3 Å². The molecule has 0 N–H and O–H groups in total. The lowest BCUT2D eigenvalue weighted by atomic mass is 10.1. The Bertz CT molecular complexity index is 732. The van der Waals surface area contributed by atoms with E-state index < -0.39 is 5.41 Å². The Morgan fingerprint density at radius 2 is 2.05 bits per heavy atom. The molecule has 2 aromatic rings. The monoisotopic (exact) mass is 331 g/mol. The van der Waals surface area contributed by atoms with Gasteiger partial charge in [-0.2, -0.15) is 5.26 Å². The molecule has 0 spiro atoms. The molecule has 1 aliphatic carbocycles. The second kappa shape index (κ2) is 4.64. The van der Waals surface area contributed by atoms with Crippen LogP contribution in [0.15, 0.2) is 28.7 Å². The van der Waals surface area contributed by atoms with Gasteiger partial charge in [0.1, 0.15) is 17.1 Å². The van der Waals surface area contributed by atoms with Crippen LogP contribution in [-0.4, -0.2) is 9.97 Å². The van der Waals surface area contributed by atoms with E-state index in [4.69, 9.17) is 0 Å². The molecule has 1 saturated carbocycles. The summed E-state index contributed by atoms with van der Waals surface area (Å²) in [5.74, 6) is 0.174. The van der Waals surface area contributed by atoms with Crippen molar-refractivity contribution in [3.05, 3.63) is 46.1 Å². The Kier molecular flexibility index (Phi) is 3.06. The first kappa shape index (κ1) is 13.2. The third-order valence-corrected chi connectivity index (χ3v) is 3.94. The van der Waals surface area contributed by atoms with Crippen LogP contribution in [0.25, 0.3) is 11.3 Å². The average molecular weight is 332 g/mol. The van der Waals surface area contributed by atoms with Crippen LogP contribution in [0.1, 0.15) is 24.4 Å². The summed E-state index contributed by atoms with van der Waals surface area (Å²) in [5, 5.41) is 9.25. The molecule has 0 saturated heterocycles. The number of hydrogen-bond donors (Lipinski definition) is 0. The number of nitriles is 1. The smallest absolute Gasteiger partial charge is 0.149 e. The van der Waals surface area contributed by atoms with E-state index in [9.17, 15) is 9.65 Å². The van der Waals surface area contributed by atoms with Crippen molar-refractivity contribution < 1.29 is 4.39 Å². The third kappa shape index (κ3) is 2.20. The molecule has 0 amide bonds. The molecule has 1 heterocycles. The zero-order valence-corrected chi connectivity index (χ0v) is 12.4. The van der Waals surface area contributed by atoms with Gasteiger partial charge in [-0.25, -0.2) is 14.4 Å². The van der Waals surface area contributed by atoms with Crippen molar-refractivity contribution in [1.29, 1.82) is 5.26 Å². The molecule has 1 fully saturated rings. The fourth-order valence-electron chi connectivity index (χ4n) is 2.12. The van der Waals surface area contributed by atoms with Crippen LogP contribution in [0.5, 0.6) is 0 Å². The van der Waals surface area contributed by atoms with Crippen LogP contribution in [0.2, 0.25) is 0 Å². The molecule has 1 aromatic heterocycles. The minimum Gasteiger partial charge on any atom is -0.236 e. The second-order valence-electron chi connectivity index (χ2n) is 5.04. The van der Waals surface area contributed by atoms with Gasteiger partial charge in [-0.05, 0) is 44.0 Å². The Morgan fingerprint density at radius 1 is 1.30 bits per heavy atom. The maximum absolute atomic E-state index is 14.0. The highest BCUT2D eigenvalue weighted by atomic mass is 79.9. The second-order valence-corrected chi connectivity index (χ2v) is 5.95. The van der Waals surface area contributed by atoms with Crippen LogP contribution in [0.3, 0.4) is 0 Å². The summed E-state index contributed by atoms with van der Waals surface area (Å²) < 4.78 is 14.8. The van der Waals surface area contributed by atoms with Gasteiger partial charge in [-0.15, -0.1) is 0 Å². The first-order chi connectivity index (χ1) is 9.54. The van der Waals surface area contributed by atoms with E-state index in [2.05, 4.69) is 32.0 Å². The quantitative estimate of drug-likeness (QED) is 0.838. The van der Waals surface area contributed by atoms with Gasteiger partial charge in [0.05, 0.1) is 11.8 Å². The minimum atomic E-state index is -0.566. The first-order valence-electron chi connectivity index (χ1n) is 6.27. The summed E-state index contributed by atoms with van der Waals surface area (Å²) in [6.07, 6.45) is 1.54. The lowest BCUT2D eigenvalue weighted by Crippen LogP contribution is -2.10. The number of aryl methyl sites for hydroxylation is 1. The molecule has 3 rings (SSSR count). The van der Waals surface area contributed by atoms with E-state index in [0.717, 1.165) is 23.0 Å². The van der Waals surface area contributed by atoms with Crippen molar-refractivity contribution >= 4 is 15.9 Å². The fourth-order valence-corrected chi connectivity index (χ4v) is 2.49. The molecule has 0 unspecified atom stereocenters. The van der Waals surface area contributed by atoms with Gasteiger partial charge >= 0.3 is 0 Å². The maximum Gasteiger partial charge on any atom is 0.149 e. The molecule has 100 valence electrons. The summed E-state index contributed by atoms with van der Waals surface area (Å²) in [6.45, 7) is 1.83. The van der Waals surface area contributed by atoms with Crippen LogP contribution in [0, 0.1) is 24.1 Å². The van der Waals surface area contributed by atoms with Gasteiger partial charge in [0.15, 0.2) is 0 Å². The highest BCUT2D eigenvalue weighted by Crippen LogP contribution is 2.46. The number of halogens is 2. The Hall–Kier alpha value is -1.80. The van der Waals surface area contributed by atoms with E-state index >= 15 is 0 Å². The van der Waals surface area contributed by atoms with E-state index in [-0.39, 0.29) is 5.82 Å². The molecular formula is C15H11BrFN3. The molecule has 3 nitrogen and oxygen atoms in total. The van der Waals surface area contributed by atoms with Gasteiger partial charge in [0.25, 0.3) is 0 Å². The predicted octanol–water partition coefficient (Wildman–Crippen LogP) is 3.91. The van der Waals surface area contributed by atoms with Crippen LogP contribution >= 0.6 is 15.9 Å². The lowest BCUT2D eigenvalue weighted by molar-refractivity contribution is 0.630. The summed E-state index contributed by atoms with van der Waals surface area (Å²) >= 11 is 3.33. The minimum absolute atomic E-state index is 0.334. The molecule has 1 aliphatic rings. The largest absolute Gasteiger partial charge is 0.236 e. The van der Waals surface area contributed by atoms with Crippen molar-refractivity contribution in [3.63, 3.8) is 0 Å². The molecule has 0 aliphatic heterocycles.